The van der Waals surface area contributed by atoms with Crippen molar-refractivity contribution in [2.45, 2.75) is 49.8 Å². The van der Waals surface area contributed by atoms with Crippen LogP contribution < -0.4 is 0 Å². The third-order valence-electron chi connectivity index (χ3n) is 4.15. The molecule has 2 aromatic rings. The zero-order valence-electron chi connectivity index (χ0n) is 14.9. The number of benzene rings is 2. The number of aromatic carboxylic acids is 1. The predicted molar refractivity (Wildman–Crippen MR) is 95.1 cm³/mol. The average molecular weight is 362 g/mol. The number of carbonyl (C=O) groups is 1. The second kappa shape index (κ2) is 6.19. The van der Waals surface area contributed by atoms with Gasteiger partial charge in [0.1, 0.15) is 11.3 Å². The minimum atomic E-state index is -3.92. The van der Waals surface area contributed by atoms with Gasteiger partial charge in [0.25, 0.3) is 0 Å². The molecule has 0 aliphatic carbocycles. The monoisotopic (exact) mass is 362 g/mol. The third kappa shape index (κ3) is 3.39. The predicted octanol–water partition coefficient (Wildman–Crippen LogP) is 3.84. The van der Waals surface area contributed by atoms with Gasteiger partial charge < -0.3 is 10.2 Å². The fourth-order valence-electron chi connectivity index (χ4n) is 2.70. The molecule has 2 rings (SSSR count). The fraction of sp³-hybridized carbons (Fsp3) is 0.316. The summed E-state index contributed by atoms with van der Waals surface area (Å²) in [6, 6.07) is 7.74. The van der Waals surface area contributed by atoms with Gasteiger partial charge in [0, 0.05) is 5.56 Å². The Labute approximate surface area is 147 Å². The third-order valence-corrected chi connectivity index (χ3v) is 6.05. The Morgan fingerprint density at radius 2 is 1.56 bits per heavy atom. The lowest BCUT2D eigenvalue weighted by atomic mass is 9.84. The summed E-state index contributed by atoms with van der Waals surface area (Å²) in [4.78, 5) is 11.6. The Morgan fingerprint density at radius 3 is 2.00 bits per heavy atom. The molecule has 0 aromatic heterocycles. The molecule has 0 fully saturated rings. The number of hydrogen-bond acceptors (Lipinski definition) is 4. The minimum Gasteiger partial charge on any atom is -0.507 e. The number of aryl methyl sites for hydroxylation is 1. The molecular weight excluding hydrogens is 340 g/mol. The van der Waals surface area contributed by atoms with Crippen LogP contribution in [0.5, 0.6) is 5.75 Å². The SMILES string of the molecule is Cc1ccc(S(=O)(=O)c2cc(C(C)(C)C)c(O)c(C(=O)O)c2C)cc1. The van der Waals surface area contributed by atoms with Crippen LogP contribution in [0.2, 0.25) is 0 Å². The van der Waals surface area contributed by atoms with Crippen LogP contribution in [0.1, 0.15) is 47.8 Å². The molecule has 6 heteroatoms. The van der Waals surface area contributed by atoms with Gasteiger partial charge in [0.05, 0.1) is 9.79 Å². The highest BCUT2D eigenvalue weighted by atomic mass is 32.2. The van der Waals surface area contributed by atoms with Crippen molar-refractivity contribution >= 4 is 15.8 Å². The van der Waals surface area contributed by atoms with Crippen LogP contribution in [0.3, 0.4) is 0 Å². The number of rotatable bonds is 3. The van der Waals surface area contributed by atoms with E-state index in [2.05, 4.69) is 0 Å². The van der Waals surface area contributed by atoms with Crippen molar-refractivity contribution in [3.8, 4) is 5.75 Å². The maximum absolute atomic E-state index is 13.1. The summed E-state index contributed by atoms with van der Waals surface area (Å²) in [5.41, 5.74) is 0.223. The van der Waals surface area contributed by atoms with Crippen molar-refractivity contribution in [1.82, 2.24) is 0 Å². The Bertz CT molecular complexity index is 933. The van der Waals surface area contributed by atoms with E-state index in [4.69, 9.17) is 0 Å². The molecule has 0 bridgehead atoms. The van der Waals surface area contributed by atoms with Crippen LogP contribution >= 0.6 is 0 Å². The molecule has 2 N–H and O–H groups in total. The molecule has 0 saturated carbocycles. The molecule has 0 unspecified atom stereocenters. The Morgan fingerprint density at radius 1 is 1.04 bits per heavy atom. The molecule has 0 heterocycles. The van der Waals surface area contributed by atoms with E-state index < -0.39 is 21.2 Å². The smallest absolute Gasteiger partial charge is 0.339 e. The summed E-state index contributed by atoms with van der Waals surface area (Å²) in [7, 11) is -3.92. The molecule has 0 aliphatic rings. The molecule has 0 radical (unpaired) electrons. The fourth-order valence-corrected chi connectivity index (χ4v) is 4.23. The van der Waals surface area contributed by atoms with E-state index in [0.717, 1.165) is 5.56 Å². The second-order valence-electron chi connectivity index (χ2n) is 7.14. The van der Waals surface area contributed by atoms with Crippen molar-refractivity contribution in [3.05, 3.63) is 52.6 Å². The van der Waals surface area contributed by atoms with Crippen LogP contribution in [-0.4, -0.2) is 24.6 Å². The zero-order valence-corrected chi connectivity index (χ0v) is 15.7. The van der Waals surface area contributed by atoms with Crippen molar-refractivity contribution in [2.75, 3.05) is 0 Å². The van der Waals surface area contributed by atoms with Crippen LogP contribution in [-0.2, 0) is 15.3 Å². The van der Waals surface area contributed by atoms with Gasteiger partial charge in [0.15, 0.2) is 0 Å². The van der Waals surface area contributed by atoms with Gasteiger partial charge in [-0.25, -0.2) is 13.2 Å². The van der Waals surface area contributed by atoms with Crippen LogP contribution in [0.25, 0.3) is 0 Å². The number of hydrogen-bond donors (Lipinski definition) is 2. The number of carboxylic acid groups (broad SMARTS) is 1. The van der Waals surface area contributed by atoms with Crippen LogP contribution in [0, 0.1) is 13.8 Å². The Balaban J connectivity index is 2.88. The highest BCUT2D eigenvalue weighted by molar-refractivity contribution is 7.91. The summed E-state index contributed by atoms with van der Waals surface area (Å²) >= 11 is 0. The number of sulfone groups is 1. The molecule has 134 valence electrons. The molecule has 25 heavy (non-hydrogen) atoms. The first-order chi connectivity index (χ1) is 11.4. The van der Waals surface area contributed by atoms with Gasteiger partial charge in [-0.2, -0.15) is 0 Å². The average Bonchev–Trinajstić information content (AvgIpc) is 2.45. The van der Waals surface area contributed by atoms with E-state index >= 15 is 0 Å². The van der Waals surface area contributed by atoms with Gasteiger partial charge in [-0.3, -0.25) is 0 Å². The molecule has 0 aliphatic heterocycles. The molecule has 0 atom stereocenters. The highest BCUT2D eigenvalue weighted by Gasteiger charge is 2.31. The molecule has 0 spiro atoms. The molecular formula is C19H22O5S. The summed E-state index contributed by atoms with van der Waals surface area (Å²) in [6.45, 7) is 8.60. The van der Waals surface area contributed by atoms with Crippen molar-refractivity contribution in [2.24, 2.45) is 0 Å². The van der Waals surface area contributed by atoms with E-state index in [9.17, 15) is 23.4 Å². The summed E-state index contributed by atoms with van der Waals surface area (Å²) in [5, 5.41) is 19.9. The Hall–Kier alpha value is -2.34. The second-order valence-corrected chi connectivity index (χ2v) is 9.06. The zero-order chi connectivity index (χ0) is 19.2. The van der Waals surface area contributed by atoms with Gasteiger partial charge in [-0.15, -0.1) is 0 Å². The topological polar surface area (TPSA) is 91.7 Å². The normalized spacial score (nSPS) is 12.2. The van der Waals surface area contributed by atoms with E-state index in [1.54, 1.807) is 32.9 Å². The quantitative estimate of drug-likeness (QED) is 0.865. The van der Waals surface area contributed by atoms with Crippen molar-refractivity contribution in [1.29, 1.82) is 0 Å². The lowest BCUT2D eigenvalue weighted by Crippen LogP contribution is -2.17. The molecule has 5 nitrogen and oxygen atoms in total. The van der Waals surface area contributed by atoms with Gasteiger partial charge in [-0.1, -0.05) is 38.5 Å². The van der Waals surface area contributed by atoms with Gasteiger partial charge >= 0.3 is 5.97 Å². The number of aromatic hydroxyl groups is 1. The van der Waals surface area contributed by atoms with Gasteiger partial charge in [0.2, 0.25) is 9.84 Å². The molecule has 0 saturated heterocycles. The first-order valence-electron chi connectivity index (χ1n) is 7.79. The minimum absolute atomic E-state index is 0.0265. The lowest BCUT2D eigenvalue weighted by molar-refractivity contribution is 0.0692. The molecule has 2 aromatic carbocycles. The van der Waals surface area contributed by atoms with E-state index in [1.807, 2.05) is 6.92 Å². The van der Waals surface area contributed by atoms with Crippen molar-refractivity contribution in [3.63, 3.8) is 0 Å². The van der Waals surface area contributed by atoms with E-state index in [1.165, 1.54) is 25.1 Å². The first-order valence-corrected chi connectivity index (χ1v) is 9.27. The first kappa shape index (κ1) is 19.0. The number of phenols is 1. The summed E-state index contributed by atoms with van der Waals surface area (Å²) in [6.07, 6.45) is 0. The van der Waals surface area contributed by atoms with Crippen molar-refractivity contribution < 1.29 is 23.4 Å². The lowest BCUT2D eigenvalue weighted by Gasteiger charge is -2.24. The van der Waals surface area contributed by atoms with E-state index in [0.29, 0.717) is 0 Å². The maximum atomic E-state index is 13.1. The number of carboxylic acids is 1. The van der Waals surface area contributed by atoms with Gasteiger partial charge in [-0.05, 0) is 43.0 Å². The van der Waals surface area contributed by atoms with Crippen LogP contribution in [0.4, 0.5) is 0 Å². The van der Waals surface area contributed by atoms with Crippen LogP contribution in [0.15, 0.2) is 40.1 Å². The molecule has 0 amide bonds. The van der Waals surface area contributed by atoms with E-state index in [-0.39, 0.29) is 32.2 Å². The largest absolute Gasteiger partial charge is 0.507 e. The maximum Gasteiger partial charge on any atom is 0.339 e. The summed E-state index contributed by atoms with van der Waals surface area (Å²) in [5.74, 6) is -1.75. The summed E-state index contributed by atoms with van der Waals surface area (Å²) < 4.78 is 26.1. The highest BCUT2D eigenvalue weighted by Crippen LogP contribution is 2.39. The Kier molecular flexibility index (Phi) is 4.70. The standard InChI is InChI=1S/C19H22O5S/c1-11-6-8-13(9-7-11)25(23,24)15-10-14(19(3,4)5)17(20)16(12(15)2)18(21)22/h6-10,20H,1-5H3,(H,21,22).